The third-order valence-electron chi connectivity index (χ3n) is 5.00. The van der Waals surface area contributed by atoms with Crippen molar-refractivity contribution in [1.82, 2.24) is 19.9 Å². The molecule has 0 spiro atoms. The third kappa shape index (κ3) is 3.46. The highest BCUT2D eigenvalue weighted by molar-refractivity contribution is 6.20. The SMILES string of the molecule is CCCCc1nc2ccc3[nH]c4cnc(C(=O)OC(C)C)c(COC)c4c3c2[nH]1. The van der Waals surface area contributed by atoms with Gasteiger partial charge in [0.25, 0.3) is 0 Å². The average Bonchev–Trinajstić information content (AvgIpc) is 3.26. The maximum absolute atomic E-state index is 12.7. The van der Waals surface area contributed by atoms with Crippen molar-refractivity contribution in [2.24, 2.45) is 0 Å². The number of nitrogens with zero attached hydrogens (tertiary/aromatic N) is 2. The number of unbranched alkanes of at least 4 members (excludes halogenated alkanes) is 1. The fourth-order valence-corrected chi connectivity index (χ4v) is 3.76. The number of methoxy groups -OCH3 is 1. The predicted molar refractivity (Wildman–Crippen MR) is 113 cm³/mol. The molecule has 0 radical (unpaired) electrons. The fourth-order valence-electron chi connectivity index (χ4n) is 3.76. The maximum Gasteiger partial charge on any atom is 0.357 e. The van der Waals surface area contributed by atoms with E-state index in [0.29, 0.717) is 0 Å². The van der Waals surface area contributed by atoms with E-state index in [0.717, 1.165) is 63.5 Å². The van der Waals surface area contributed by atoms with Crippen molar-refractivity contribution < 1.29 is 14.3 Å². The number of hydrogen-bond donors (Lipinski definition) is 2. The van der Waals surface area contributed by atoms with Crippen LogP contribution in [0.15, 0.2) is 18.3 Å². The molecule has 2 N–H and O–H groups in total. The molecule has 4 rings (SSSR count). The minimum atomic E-state index is -0.441. The maximum atomic E-state index is 12.7. The Labute approximate surface area is 168 Å². The van der Waals surface area contributed by atoms with Crippen LogP contribution in [0.5, 0.6) is 0 Å². The quantitative estimate of drug-likeness (QED) is 0.445. The third-order valence-corrected chi connectivity index (χ3v) is 5.00. The topological polar surface area (TPSA) is 92.9 Å². The molecule has 0 aliphatic rings. The van der Waals surface area contributed by atoms with Gasteiger partial charge in [0.2, 0.25) is 0 Å². The van der Waals surface area contributed by atoms with Gasteiger partial charge in [-0.15, -0.1) is 0 Å². The summed E-state index contributed by atoms with van der Waals surface area (Å²) >= 11 is 0. The van der Waals surface area contributed by atoms with Gasteiger partial charge in [-0.25, -0.2) is 14.8 Å². The summed E-state index contributed by atoms with van der Waals surface area (Å²) in [5.74, 6) is 0.536. The number of H-pyrrole nitrogens is 2. The number of pyridine rings is 1. The number of aryl methyl sites for hydroxylation is 1. The van der Waals surface area contributed by atoms with Crippen LogP contribution in [0.25, 0.3) is 32.8 Å². The normalized spacial score (nSPS) is 11.9. The summed E-state index contributed by atoms with van der Waals surface area (Å²) in [6.07, 6.45) is 4.57. The smallest absolute Gasteiger partial charge is 0.357 e. The second-order valence-corrected chi connectivity index (χ2v) is 7.56. The summed E-state index contributed by atoms with van der Waals surface area (Å²) in [6, 6.07) is 4.03. The molecule has 0 atom stereocenters. The standard InChI is InChI=1S/C22H26N4O3/c1-5-6-7-17-25-15-9-8-14-19(21(15)26-17)18-13(11-28-4)20(22(27)29-12(2)3)23-10-16(18)24-14/h8-10,12,24H,5-7,11H2,1-4H3,(H,25,26). The second kappa shape index (κ2) is 7.83. The summed E-state index contributed by atoms with van der Waals surface area (Å²) in [5, 5.41) is 1.92. The number of carbonyl (C=O) groups is 1. The highest BCUT2D eigenvalue weighted by atomic mass is 16.5. The monoisotopic (exact) mass is 394 g/mol. The molecule has 0 fully saturated rings. The number of hydrogen-bond acceptors (Lipinski definition) is 5. The zero-order chi connectivity index (χ0) is 20.5. The molecule has 152 valence electrons. The molecule has 0 aliphatic heterocycles. The zero-order valence-corrected chi connectivity index (χ0v) is 17.3. The van der Waals surface area contributed by atoms with Gasteiger partial charge in [-0.05, 0) is 32.4 Å². The van der Waals surface area contributed by atoms with Gasteiger partial charge in [0.15, 0.2) is 5.69 Å². The number of imidazole rings is 1. The Morgan fingerprint density at radius 2 is 2.00 bits per heavy atom. The van der Waals surface area contributed by atoms with E-state index >= 15 is 0 Å². The van der Waals surface area contributed by atoms with Crippen molar-refractivity contribution in [2.45, 2.75) is 52.7 Å². The van der Waals surface area contributed by atoms with Crippen LogP contribution in [-0.2, 0) is 22.5 Å². The number of carbonyl (C=O) groups excluding carboxylic acids is 1. The Morgan fingerprint density at radius 1 is 1.17 bits per heavy atom. The number of aromatic amines is 2. The summed E-state index contributed by atoms with van der Waals surface area (Å²) in [5.41, 5.74) is 4.70. The number of fused-ring (bicyclic) bond motifs is 5. The number of benzene rings is 1. The fraction of sp³-hybridized carbons (Fsp3) is 0.409. The first-order valence-corrected chi connectivity index (χ1v) is 10.0. The minimum Gasteiger partial charge on any atom is -0.458 e. The van der Waals surface area contributed by atoms with Crippen molar-refractivity contribution >= 4 is 38.8 Å². The molecule has 3 heterocycles. The van der Waals surface area contributed by atoms with Crippen molar-refractivity contribution in [3.63, 3.8) is 0 Å². The molecule has 7 nitrogen and oxygen atoms in total. The molecule has 4 aromatic rings. The number of nitrogens with one attached hydrogen (secondary N) is 2. The highest BCUT2D eigenvalue weighted by Gasteiger charge is 2.22. The van der Waals surface area contributed by atoms with E-state index in [1.54, 1.807) is 13.3 Å². The van der Waals surface area contributed by atoms with Gasteiger partial charge in [-0.3, -0.25) is 0 Å². The molecule has 3 aromatic heterocycles. The lowest BCUT2D eigenvalue weighted by molar-refractivity contribution is 0.0366. The molecular formula is C22H26N4O3. The Balaban J connectivity index is 1.99. The lowest BCUT2D eigenvalue weighted by Crippen LogP contribution is -2.15. The van der Waals surface area contributed by atoms with Crippen LogP contribution in [0, 0.1) is 0 Å². The second-order valence-electron chi connectivity index (χ2n) is 7.56. The molecule has 0 aliphatic carbocycles. The summed E-state index contributed by atoms with van der Waals surface area (Å²) in [7, 11) is 1.61. The van der Waals surface area contributed by atoms with E-state index in [9.17, 15) is 4.79 Å². The van der Waals surface area contributed by atoms with Gasteiger partial charge in [0.05, 0.1) is 35.5 Å². The lowest BCUT2D eigenvalue weighted by atomic mass is 10.0. The zero-order valence-electron chi connectivity index (χ0n) is 17.3. The summed E-state index contributed by atoms with van der Waals surface area (Å²) < 4.78 is 10.8. The van der Waals surface area contributed by atoms with E-state index in [4.69, 9.17) is 14.5 Å². The Morgan fingerprint density at radius 3 is 2.72 bits per heavy atom. The van der Waals surface area contributed by atoms with Crippen LogP contribution < -0.4 is 0 Å². The first-order chi connectivity index (χ1) is 14.0. The largest absolute Gasteiger partial charge is 0.458 e. The van der Waals surface area contributed by atoms with Gasteiger partial charge in [0.1, 0.15) is 5.82 Å². The van der Waals surface area contributed by atoms with Crippen LogP contribution in [0.4, 0.5) is 0 Å². The van der Waals surface area contributed by atoms with Crippen LogP contribution in [-0.4, -0.2) is 39.1 Å². The van der Waals surface area contributed by atoms with E-state index in [1.165, 1.54) is 0 Å². The van der Waals surface area contributed by atoms with Gasteiger partial charge in [0, 0.05) is 35.4 Å². The molecule has 29 heavy (non-hydrogen) atoms. The predicted octanol–water partition coefficient (Wildman–Crippen LogP) is 4.65. The number of esters is 1. The molecule has 0 saturated heterocycles. The molecule has 7 heteroatoms. The number of aromatic nitrogens is 4. The van der Waals surface area contributed by atoms with Gasteiger partial charge < -0.3 is 19.4 Å². The average molecular weight is 394 g/mol. The molecule has 0 amide bonds. The van der Waals surface area contributed by atoms with Crippen molar-refractivity contribution in [2.75, 3.05) is 7.11 Å². The molecular weight excluding hydrogens is 368 g/mol. The summed E-state index contributed by atoms with van der Waals surface area (Å²) in [6.45, 7) is 6.07. The Bertz CT molecular complexity index is 1190. The van der Waals surface area contributed by atoms with E-state index in [1.807, 2.05) is 26.0 Å². The Hall–Kier alpha value is -2.93. The Kier molecular flexibility index (Phi) is 5.24. The van der Waals surface area contributed by atoms with Crippen molar-refractivity contribution in [1.29, 1.82) is 0 Å². The van der Waals surface area contributed by atoms with Gasteiger partial charge in [-0.2, -0.15) is 0 Å². The van der Waals surface area contributed by atoms with Gasteiger partial charge in [-0.1, -0.05) is 13.3 Å². The van der Waals surface area contributed by atoms with Crippen LogP contribution in [0.2, 0.25) is 0 Å². The molecule has 0 bridgehead atoms. The molecule has 1 aromatic carbocycles. The first kappa shape index (κ1) is 19.4. The van der Waals surface area contributed by atoms with Crippen LogP contribution >= 0.6 is 0 Å². The van der Waals surface area contributed by atoms with E-state index in [-0.39, 0.29) is 18.4 Å². The molecule has 0 saturated carbocycles. The van der Waals surface area contributed by atoms with Crippen LogP contribution in [0.1, 0.15) is 55.5 Å². The summed E-state index contributed by atoms with van der Waals surface area (Å²) in [4.78, 5) is 28.7. The first-order valence-electron chi connectivity index (χ1n) is 10.0. The van der Waals surface area contributed by atoms with Crippen molar-refractivity contribution in [3.8, 4) is 0 Å². The number of ether oxygens (including phenoxy) is 2. The van der Waals surface area contributed by atoms with Crippen molar-refractivity contribution in [3.05, 3.63) is 35.4 Å². The van der Waals surface area contributed by atoms with Gasteiger partial charge >= 0.3 is 5.97 Å². The number of rotatable bonds is 7. The highest BCUT2D eigenvalue weighted by Crippen LogP contribution is 2.34. The van der Waals surface area contributed by atoms with Crippen LogP contribution in [0.3, 0.4) is 0 Å². The molecule has 0 unspecified atom stereocenters. The minimum absolute atomic E-state index is 0.223. The lowest BCUT2D eigenvalue weighted by Gasteiger charge is -2.12. The van der Waals surface area contributed by atoms with E-state index < -0.39 is 5.97 Å². The van der Waals surface area contributed by atoms with E-state index in [2.05, 4.69) is 21.9 Å².